The van der Waals surface area contributed by atoms with Crippen molar-refractivity contribution in [1.82, 2.24) is 19.9 Å². The minimum atomic E-state index is -0.882. The number of anilines is 5. The highest BCUT2D eigenvalue weighted by molar-refractivity contribution is 6.29. The highest BCUT2D eigenvalue weighted by atomic mass is 35.5. The van der Waals surface area contributed by atoms with Crippen LogP contribution < -0.4 is 30.1 Å². The van der Waals surface area contributed by atoms with Gasteiger partial charge in [0.25, 0.3) is 0 Å². The van der Waals surface area contributed by atoms with E-state index in [-0.39, 0.29) is 65.2 Å². The monoisotopic (exact) mass is 1620 g/mol. The predicted octanol–water partition coefficient (Wildman–Crippen LogP) is 20.6. The molecule has 0 aliphatic carbocycles. The molecule has 119 heavy (non-hydrogen) atoms. The average molecular weight is 1620 g/mol. The number of halogens is 3. The summed E-state index contributed by atoms with van der Waals surface area (Å²) in [5.41, 5.74) is 24.2. The number of Topliss-reactive ketones (excluding diaryl/α,β-unsaturated/α-hetero) is 4. The van der Waals surface area contributed by atoms with Gasteiger partial charge in [0.2, 0.25) is 41.4 Å². The van der Waals surface area contributed by atoms with E-state index in [9.17, 15) is 47.1 Å². The second-order valence-electron chi connectivity index (χ2n) is 28.2. The molecule has 0 atom stereocenters. The summed E-state index contributed by atoms with van der Waals surface area (Å²) < 4.78 is 31.5. The molecule has 21 heteroatoms. The second-order valence-corrected chi connectivity index (χ2v) is 28.6. The predicted molar refractivity (Wildman–Crippen MR) is 470 cm³/mol. The number of nitrogen functional groups attached to an aromatic ring is 1. The van der Waals surface area contributed by atoms with E-state index in [2.05, 4.69) is 19.9 Å². The number of benzene rings is 8. The summed E-state index contributed by atoms with van der Waals surface area (Å²) in [5, 5.41) is 0.451. The molecule has 0 aliphatic heterocycles. The van der Waals surface area contributed by atoms with Crippen molar-refractivity contribution < 1.29 is 51.9 Å². The Morgan fingerprint density at radius 2 is 0.731 bits per heavy atom. The molecule has 18 nitrogen and oxygen atoms in total. The van der Waals surface area contributed by atoms with E-state index < -0.39 is 11.9 Å². The van der Waals surface area contributed by atoms with Crippen molar-refractivity contribution in [3.63, 3.8) is 0 Å². The molecule has 0 saturated heterocycles. The van der Waals surface area contributed by atoms with Crippen LogP contribution in [-0.4, -0.2) is 102 Å². The number of nitrogens with zero attached hydrogens (tertiary/aromatic N) is 8. The van der Waals surface area contributed by atoms with Crippen LogP contribution in [-0.2, 0) is 44.9 Å². The van der Waals surface area contributed by atoms with Gasteiger partial charge in [0.15, 0.2) is 23.1 Å². The Hall–Kier alpha value is -13.3. The Kier molecular flexibility index (Phi) is 33.2. The van der Waals surface area contributed by atoms with E-state index >= 15 is 0 Å². The molecule has 0 saturated carbocycles. The molecule has 0 unspecified atom stereocenters. The number of pyridine rings is 4. The molecule has 2 N–H and O–H groups in total. The van der Waals surface area contributed by atoms with E-state index in [1.54, 1.807) is 97.8 Å². The Morgan fingerprint density at radius 3 is 1.07 bits per heavy atom. The van der Waals surface area contributed by atoms with Gasteiger partial charge in [0.1, 0.15) is 11.0 Å². The molecule has 4 amide bonds. The van der Waals surface area contributed by atoms with Crippen LogP contribution in [0.2, 0.25) is 5.15 Å². The van der Waals surface area contributed by atoms with E-state index in [1.807, 2.05) is 235 Å². The Labute approximate surface area is 699 Å². The molecule has 12 rings (SSSR count). The Bertz CT molecular complexity index is 5450. The first kappa shape index (κ1) is 89.6. The molecular weight excluding hydrogens is 1520 g/mol. The van der Waals surface area contributed by atoms with E-state index in [4.69, 9.17) is 22.1 Å². The largest absolute Gasteiger partial charge is 0.481 e. The zero-order valence-electron chi connectivity index (χ0n) is 68.7. The van der Waals surface area contributed by atoms with Crippen molar-refractivity contribution in [2.45, 2.75) is 112 Å². The van der Waals surface area contributed by atoms with E-state index in [0.29, 0.717) is 103 Å². The lowest BCUT2D eigenvalue weighted by atomic mass is 9.97. The maximum Gasteiger partial charge on any atom is 0.226 e. The van der Waals surface area contributed by atoms with Crippen LogP contribution in [0.1, 0.15) is 148 Å². The van der Waals surface area contributed by atoms with Crippen LogP contribution >= 0.6 is 11.6 Å². The van der Waals surface area contributed by atoms with Crippen LogP contribution in [0.5, 0.6) is 5.88 Å². The molecule has 0 fully saturated rings. The van der Waals surface area contributed by atoms with Gasteiger partial charge in [-0.1, -0.05) is 197 Å². The number of carbonyl (C=O) groups is 8. The molecule has 12 aromatic rings. The summed E-state index contributed by atoms with van der Waals surface area (Å²) in [4.78, 5) is 119. The van der Waals surface area contributed by atoms with Gasteiger partial charge < -0.3 is 30.1 Å². The van der Waals surface area contributed by atoms with Gasteiger partial charge in [0.05, 0.1) is 7.11 Å². The number of amides is 4. The first-order valence-corrected chi connectivity index (χ1v) is 39.8. The molecule has 0 radical (unpaired) electrons. The molecule has 4 heterocycles. The zero-order chi connectivity index (χ0) is 85.7. The topological polar surface area (TPSA) is 236 Å². The number of ether oxygens (including phenoxy) is 1. The fourth-order valence-corrected chi connectivity index (χ4v) is 12.9. The first-order chi connectivity index (χ1) is 57.3. The highest BCUT2D eigenvalue weighted by Crippen LogP contribution is 2.31. The quantitative estimate of drug-likeness (QED) is 0.0339. The first-order valence-electron chi connectivity index (χ1n) is 39.4. The average Bonchev–Trinajstić information content (AvgIpc) is 0.850. The number of aryl methyl sites for hydroxylation is 5. The van der Waals surface area contributed by atoms with Crippen molar-refractivity contribution in [2.75, 3.05) is 60.6 Å². The van der Waals surface area contributed by atoms with Crippen molar-refractivity contribution in [2.24, 2.45) is 0 Å². The number of nitrogens with two attached hydrogens (primary N) is 1. The number of aromatic nitrogens is 4. The highest BCUT2D eigenvalue weighted by Gasteiger charge is 2.18. The van der Waals surface area contributed by atoms with E-state index in [1.165, 1.54) is 6.07 Å². The number of carbonyl (C=O) groups excluding carboxylic acids is 8. The smallest absolute Gasteiger partial charge is 0.226 e. The third-order valence-electron chi connectivity index (χ3n) is 20.3. The summed E-state index contributed by atoms with van der Waals surface area (Å²) in [5.74, 6) is -0.275. The third-order valence-corrected chi connectivity index (χ3v) is 20.6. The normalized spacial score (nSPS) is 10.6. The summed E-state index contributed by atoms with van der Waals surface area (Å²) in [7, 11) is 8.68. The van der Waals surface area contributed by atoms with Gasteiger partial charge in [-0.25, -0.2) is 15.0 Å². The molecule has 8 aromatic carbocycles. The van der Waals surface area contributed by atoms with Crippen LogP contribution in [0.4, 0.5) is 37.3 Å². The number of ketones is 4. The maximum absolute atomic E-state index is 13.6. The van der Waals surface area contributed by atoms with Gasteiger partial charge in [-0.05, 0) is 172 Å². The van der Waals surface area contributed by atoms with Crippen molar-refractivity contribution in [3.8, 4) is 50.4 Å². The molecule has 0 spiro atoms. The Balaban J connectivity index is 0.000000181. The van der Waals surface area contributed by atoms with Gasteiger partial charge in [-0.3, -0.25) is 38.4 Å². The lowest BCUT2D eigenvalue weighted by Gasteiger charge is -2.18. The van der Waals surface area contributed by atoms with Crippen LogP contribution in [0, 0.1) is 18.8 Å². The minimum Gasteiger partial charge on any atom is -0.481 e. The van der Waals surface area contributed by atoms with Gasteiger partial charge >= 0.3 is 0 Å². The molecular formula is C98H98ClF2N9O9. The van der Waals surface area contributed by atoms with Gasteiger partial charge in [0, 0.05) is 155 Å². The lowest BCUT2D eigenvalue weighted by Crippen LogP contribution is -2.25. The van der Waals surface area contributed by atoms with E-state index in [0.717, 1.165) is 95.6 Å². The molecule has 4 aromatic heterocycles. The zero-order valence-corrected chi connectivity index (χ0v) is 69.5. The summed E-state index contributed by atoms with van der Waals surface area (Å²) in [6.45, 7) is 9.41. The van der Waals surface area contributed by atoms with Crippen LogP contribution in [0.3, 0.4) is 0 Å². The minimum absolute atomic E-state index is 0.0434. The summed E-state index contributed by atoms with van der Waals surface area (Å²) >= 11 is 5.78. The van der Waals surface area contributed by atoms with Gasteiger partial charge in [-0.2, -0.15) is 13.8 Å². The fraction of sp³-hybridized carbons (Fsp3) is 0.224. The standard InChI is InChI=1S/C25H27N3O2.C25H26N2O3.C24H23ClN2O2.C24H22F2N2O2/c1-4-24(30)28(3)21-12-13-22(17(2)16-21)18-7-9-19(10-8-18)23(29)14-11-20-6-5-15-27-25(20)26;1-4-25(29)27(2)22-13-11-20(12-14-22)19-7-9-21(10-8-19)23(28)15-5-18-6-16-24(30-3)26-17-18;1-3-24(29)27(2)21-12-10-19(11-13-21)18-6-8-20(9-7-18)22(28)14-4-17-5-15-23(25)26-16-17;1-3-23(30)28(2)20-12-8-17(9-13-20)16-4-6-18(7-5-16)21(29)14-10-19-11-15-22(25)27-24(19)26/h5-10,12-13,15-16H,4,11,14H2,1-3H3,(H2,26,27);6-14,16-17H,4-5,15H2,1-3H3;5-13,15-16H,3-4,14H2,1-2H3;4-9,11-13,15H,3,10,14H2,1-2H3. The fourth-order valence-electron chi connectivity index (χ4n) is 12.8. The van der Waals surface area contributed by atoms with Gasteiger partial charge in [-0.15, -0.1) is 0 Å². The maximum atomic E-state index is 13.6. The summed E-state index contributed by atoms with van der Waals surface area (Å²) in [6, 6.07) is 72.9. The summed E-state index contributed by atoms with van der Waals surface area (Å²) in [6.07, 6.45) is 10.3. The Morgan fingerprint density at radius 1 is 0.387 bits per heavy atom. The SMILES string of the molecule is CCC(=O)N(C)c1ccc(-c2ccc(C(=O)CCc3ccc(Cl)nc3)cc2)cc1.CCC(=O)N(C)c1ccc(-c2ccc(C(=O)CCc3ccc(F)nc3F)cc2)cc1.CCC(=O)N(C)c1ccc(-c2ccc(C(=O)CCc3ccc(OC)nc3)cc2)cc1.CCC(=O)N(C)c1ccc(-c2ccc(C(=O)CCc3cccnc3N)cc2)c(C)c1. The lowest BCUT2D eigenvalue weighted by molar-refractivity contribution is -0.118. The number of hydrogen-bond donors (Lipinski definition) is 1. The third kappa shape index (κ3) is 25.6. The number of rotatable bonds is 29. The number of hydrogen-bond acceptors (Lipinski definition) is 14. The second kappa shape index (κ2) is 44.1. The molecule has 0 aliphatic rings. The molecule has 0 bridgehead atoms. The van der Waals surface area contributed by atoms with Crippen LogP contribution in [0.25, 0.3) is 44.5 Å². The van der Waals surface area contributed by atoms with Crippen molar-refractivity contribution >= 4 is 86.9 Å². The van der Waals surface area contributed by atoms with Crippen molar-refractivity contribution in [3.05, 3.63) is 322 Å². The molecule has 610 valence electrons. The van der Waals surface area contributed by atoms with Crippen molar-refractivity contribution in [1.29, 1.82) is 0 Å². The van der Waals surface area contributed by atoms with Crippen LogP contribution in [0.15, 0.2) is 255 Å². The number of methoxy groups -OCH3 is 1.